The van der Waals surface area contributed by atoms with Gasteiger partial charge in [-0.15, -0.1) is 17.5 Å². The maximum atomic E-state index is 7.44. The van der Waals surface area contributed by atoms with Gasteiger partial charge < -0.3 is 5.21 Å². The Balaban J connectivity index is 0. The molecule has 0 saturated heterocycles. The Kier molecular flexibility index (Phi) is 26.6. The summed E-state index contributed by atoms with van der Waals surface area (Å²) in [4.78, 5) is 0. The first-order valence-electron chi connectivity index (χ1n) is 1.82. The third kappa shape index (κ3) is 51300. The van der Waals surface area contributed by atoms with E-state index >= 15 is 0 Å². The summed E-state index contributed by atoms with van der Waals surface area (Å²) in [5, 5.41) is 10.1. The van der Waals surface area contributed by atoms with Gasteiger partial charge in [0.1, 0.15) is 0 Å². The van der Waals surface area contributed by atoms with Crippen LogP contribution in [0, 0.1) is 12.3 Å². The Hall–Kier alpha value is -0.970. The van der Waals surface area contributed by atoms with Gasteiger partial charge in [0, 0.05) is 6.21 Å². The van der Waals surface area contributed by atoms with Crippen molar-refractivity contribution in [3.8, 4) is 12.3 Å². The standard InChI is InChI=1S/C3H4.C2H5NO/c1-3-2;1-2-3-4/h1H,2H3;2,4H,1H3. The number of oxime groups is 1. The fraction of sp³-hybridized carbons (Fsp3) is 0.400. The average Bonchev–Trinajstić information content (AvgIpc) is 1.69. The summed E-state index contributed by atoms with van der Waals surface area (Å²) < 4.78 is 0. The van der Waals surface area contributed by atoms with Gasteiger partial charge in [0.05, 0.1) is 0 Å². The van der Waals surface area contributed by atoms with Crippen LogP contribution in [0.15, 0.2) is 5.16 Å². The fourth-order valence-corrected chi connectivity index (χ4v) is 0. The van der Waals surface area contributed by atoms with E-state index < -0.39 is 0 Å². The van der Waals surface area contributed by atoms with Crippen LogP contribution in [-0.2, 0) is 0 Å². The molecule has 0 rings (SSSR count). The summed E-state index contributed by atoms with van der Waals surface area (Å²) in [6.45, 7) is 3.29. The van der Waals surface area contributed by atoms with Crippen molar-refractivity contribution in [2.75, 3.05) is 0 Å². The summed E-state index contributed by atoms with van der Waals surface area (Å²) in [7, 11) is 0. The molecule has 7 heavy (non-hydrogen) atoms. The van der Waals surface area contributed by atoms with Gasteiger partial charge in [-0.1, -0.05) is 0 Å². The third-order valence-corrected chi connectivity index (χ3v) is 0.115. The Bertz CT molecular complexity index is 66.6. The van der Waals surface area contributed by atoms with Gasteiger partial charge in [0.25, 0.3) is 0 Å². The summed E-state index contributed by atoms with van der Waals surface area (Å²) in [5.74, 6) is 2.25. The number of nitrogens with zero attached hydrogens (tertiary/aromatic N) is 1. The largest absolute Gasteiger partial charge is 0.411 e. The predicted molar refractivity (Wildman–Crippen MR) is 30.5 cm³/mol. The van der Waals surface area contributed by atoms with E-state index in [1.807, 2.05) is 0 Å². The van der Waals surface area contributed by atoms with Crippen LogP contribution in [0.3, 0.4) is 0 Å². The molecule has 2 nitrogen and oxygen atoms in total. The number of hydrogen-bond acceptors (Lipinski definition) is 2. The Morgan fingerprint density at radius 2 is 2.00 bits per heavy atom. The van der Waals surface area contributed by atoms with E-state index in [0.717, 1.165) is 0 Å². The molecule has 0 aliphatic carbocycles. The van der Waals surface area contributed by atoms with E-state index in [1.54, 1.807) is 13.8 Å². The zero-order chi connectivity index (χ0) is 6.12. The van der Waals surface area contributed by atoms with Crippen molar-refractivity contribution < 1.29 is 5.21 Å². The lowest BCUT2D eigenvalue weighted by Crippen LogP contribution is -1.49. The summed E-state index contributed by atoms with van der Waals surface area (Å²) in [5.41, 5.74) is 0. The first-order valence-corrected chi connectivity index (χ1v) is 1.82. The van der Waals surface area contributed by atoms with Crippen molar-refractivity contribution in [3.63, 3.8) is 0 Å². The highest BCUT2D eigenvalue weighted by Crippen LogP contribution is 1.38. The molecule has 0 spiro atoms. The summed E-state index contributed by atoms with van der Waals surface area (Å²) >= 11 is 0. The minimum Gasteiger partial charge on any atom is -0.411 e. The SMILES string of the molecule is C#CC.CC=NO. The topological polar surface area (TPSA) is 32.6 Å². The molecular weight excluding hydrogens is 90.1 g/mol. The van der Waals surface area contributed by atoms with E-state index in [1.165, 1.54) is 6.21 Å². The van der Waals surface area contributed by atoms with Crippen molar-refractivity contribution in [2.45, 2.75) is 13.8 Å². The van der Waals surface area contributed by atoms with Crippen LogP contribution < -0.4 is 0 Å². The molecule has 2 heteroatoms. The van der Waals surface area contributed by atoms with Crippen LogP contribution in [0.1, 0.15) is 13.8 Å². The second-order valence-electron chi connectivity index (χ2n) is 0.662. The van der Waals surface area contributed by atoms with Crippen molar-refractivity contribution >= 4 is 6.21 Å². The van der Waals surface area contributed by atoms with Crippen LogP contribution in [0.4, 0.5) is 0 Å². The highest BCUT2D eigenvalue weighted by atomic mass is 16.4. The molecule has 1 N–H and O–H groups in total. The van der Waals surface area contributed by atoms with Crippen LogP contribution in [0.25, 0.3) is 0 Å². The highest BCUT2D eigenvalue weighted by molar-refractivity contribution is 5.51. The minimum absolute atomic E-state index is 1.31. The maximum Gasteiger partial charge on any atom is 0.0404 e. The van der Waals surface area contributed by atoms with Crippen LogP contribution in [-0.4, -0.2) is 11.4 Å². The molecule has 0 unspecified atom stereocenters. The molecule has 0 aromatic rings. The molecule has 0 amide bonds. The third-order valence-electron chi connectivity index (χ3n) is 0.115. The van der Waals surface area contributed by atoms with E-state index in [2.05, 4.69) is 17.5 Å². The lowest BCUT2D eigenvalue weighted by molar-refractivity contribution is 0.321. The second-order valence-corrected chi connectivity index (χ2v) is 0.662. The van der Waals surface area contributed by atoms with Gasteiger partial charge in [-0.25, -0.2) is 0 Å². The number of rotatable bonds is 0. The molecular formula is C5H9NO. The van der Waals surface area contributed by atoms with Crippen molar-refractivity contribution in [1.82, 2.24) is 0 Å². The van der Waals surface area contributed by atoms with Gasteiger partial charge in [-0.3, -0.25) is 0 Å². The lowest BCUT2D eigenvalue weighted by Gasteiger charge is -1.54. The zero-order valence-electron chi connectivity index (χ0n) is 4.55. The molecule has 0 saturated carbocycles. The molecule has 0 aliphatic heterocycles. The van der Waals surface area contributed by atoms with Gasteiger partial charge in [0.15, 0.2) is 0 Å². The van der Waals surface area contributed by atoms with Crippen molar-refractivity contribution in [1.29, 1.82) is 0 Å². The second kappa shape index (κ2) is 19.8. The molecule has 0 heterocycles. The van der Waals surface area contributed by atoms with Crippen LogP contribution in [0.2, 0.25) is 0 Å². The first-order chi connectivity index (χ1) is 3.33. The van der Waals surface area contributed by atoms with Crippen LogP contribution >= 0.6 is 0 Å². The van der Waals surface area contributed by atoms with Crippen LogP contribution in [0.5, 0.6) is 0 Å². The molecule has 0 atom stereocenters. The zero-order valence-corrected chi connectivity index (χ0v) is 4.55. The Labute approximate surface area is 43.8 Å². The molecule has 0 fully saturated rings. The van der Waals surface area contributed by atoms with E-state index in [0.29, 0.717) is 0 Å². The van der Waals surface area contributed by atoms with Gasteiger partial charge in [-0.2, -0.15) is 0 Å². The van der Waals surface area contributed by atoms with E-state index in [4.69, 9.17) is 5.21 Å². The minimum atomic E-state index is 1.31. The number of terminal acetylenes is 1. The first kappa shape index (κ1) is 9.39. The van der Waals surface area contributed by atoms with Gasteiger partial charge in [0.2, 0.25) is 0 Å². The molecule has 40 valence electrons. The molecule has 0 aromatic carbocycles. The van der Waals surface area contributed by atoms with Crippen molar-refractivity contribution in [3.05, 3.63) is 0 Å². The maximum absolute atomic E-state index is 7.44. The van der Waals surface area contributed by atoms with Crippen molar-refractivity contribution in [2.24, 2.45) is 5.16 Å². The van der Waals surface area contributed by atoms with Gasteiger partial charge >= 0.3 is 0 Å². The fourth-order valence-electron chi connectivity index (χ4n) is 0. The summed E-state index contributed by atoms with van der Waals surface area (Å²) in [6.07, 6.45) is 5.90. The smallest absolute Gasteiger partial charge is 0.0404 e. The number of hydrogen-bond donors (Lipinski definition) is 1. The highest BCUT2D eigenvalue weighted by Gasteiger charge is 1.34. The van der Waals surface area contributed by atoms with E-state index in [9.17, 15) is 0 Å². The molecule has 0 aliphatic rings. The predicted octanol–water partition coefficient (Wildman–Crippen LogP) is 1.11. The average molecular weight is 99.1 g/mol. The molecule has 0 aromatic heterocycles. The normalized spacial score (nSPS) is 6.43. The molecule has 0 radical (unpaired) electrons. The Morgan fingerprint density at radius 3 is 2.00 bits per heavy atom. The van der Waals surface area contributed by atoms with E-state index in [-0.39, 0.29) is 0 Å². The lowest BCUT2D eigenvalue weighted by atomic mass is 10.9. The summed E-state index contributed by atoms with van der Waals surface area (Å²) in [6, 6.07) is 0. The monoisotopic (exact) mass is 99.1 g/mol. The molecule has 0 bridgehead atoms. The van der Waals surface area contributed by atoms with Gasteiger partial charge in [-0.05, 0) is 13.8 Å². The Morgan fingerprint density at radius 1 is 1.86 bits per heavy atom. The quantitative estimate of drug-likeness (QED) is 0.210.